The maximum absolute atomic E-state index is 11.2. The number of methoxy groups -OCH3 is 1. The van der Waals surface area contributed by atoms with Crippen molar-refractivity contribution in [2.75, 3.05) is 7.11 Å². The van der Waals surface area contributed by atoms with E-state index in [2.05, 4.69) is 19.5 Å². The third-order valence-electron chi connectivity index (χ3n) is 1.61. The van der Waals surface area contributed by atoms with E-state index in [4.69, 9.17) is 11.6 Å². The maximum Gasteiger partial charge on any atom is 0.337 e. The molecule has 82 valence electrons. The zero-order valence-corrected chi connectivity index (χ0v) is 10.7. The van der Waals surface area contributed by atoms with E-state index in [0.717, 1.165) is 6.07 Å². The summed E-state index contributed by atoms with van der Waals surface area (Å²) >= 11 is 8.15. The monoisotopic (exact) mass is 312 g/mol. The lowest BCUT2D eigenvalue weighted by Crippen LogP contribution is -2.03. The minimum Gasteiger partial charge on any atom is -0.465 e. The average molecular weight is 314 g/mol. The Kier molecular flexibility index (Phi) is 3.75. The standard InChI is InChI=1S/C8H6BrClO4S/c1-14-8(11)5-2-3-6(10)7(4-5)15(9,12)13/h2-4H,1H3. The van der Waals surface area contributed by atoms with Gasteiger partial charge in [0.05, 0.1) is 37.4 Å². The number of halogens is 2. The number of benzene rings is 1. The van der Waals surface area contributed by atoms with Crippen molar-refractivity contribution in [1.82, 2.24) is 0 Å². The van der Waals surface area contributed by atoms with Crippen LogP contribution in [0, 0.1) is 0 Å². The second kappa shape index (κ2) is 4.51. The first kappa shape index (κ1) is 12.5. The molecule has 0 aliphatic heterocycles. The summed E-state index contributed by atoms with van der Waals surface area (Å²) in [5.41, 5.74) is 0.125. The van der Waals surface area contributed by atoms with Gasteiger partial charge in [0.25, 0.3) is 0 Å². The van der Waals surface area contributed by atoms with Crippen molar-refractivity contribution in [1.29, 1.82) is 0 Å². The van der Waals surface area contributed by atoms with Crippen molar-refractivity contribution >= 4 is 40.7 Å². The number of hydrogen-bond donors (Lipinski definition) is 0. The summed E-state index contributed by atoms with van der Waals surface area (Å²) in [6.45, 7) is 0. The van der Waals surface area contributed by atoms with Gasteiger partial charge in [0.15, 0.2) is 0 Å². The number of carbonyl (C=O) groups is 1. The van der Waals surface area contributed by atoms with E-state index in [0.29, 0.717) is 0 Å². The summed E-state index contributed by atoms with van der Waals surface area (Å²) in [5.74, 6) is -0.621. The van der Waals surface area contributed by atoms with Gasteiger partial charge < -0.3 is 4.74 Å². The Morgan fingerprint density at radius 2 is 2.07 bits per heavy atom. The molecule has 0 aromatic heterocycles. The highest BCUT2D eigenvalue weighted by Crippen LogP contribution is 2.26. The van der Waals surface area contributed by atoms with Gasteiger partial charge in [-0.15, -0.1) is 0 Å². The summed E-state index contributed by atoms with van der Waals surface area (Å²) in [4.78, 5) is 11.0. The summed E-state index contributed by atoms with van der Waals surface area (Å²) < 4.78 is 26.8. The molecule has 0 fully saturated rings. The first-order valence-corrected chi connectivity index (χ1v) is 7.39. The fourth-order valence-corrected chi connectivity index (χ4v) is 3.01. The molecule has 0 aliphatic carbocycles. The summed E-state index contributed by atoms with van der Waals surface area (Å²) in [6.07, 6.45) is 0. The lowest BCUT2D eigenvalue weighted by Gasteiger charge is -2.03. The molecule has 0 radical (unpaired) electrons. The topological polar surface area (TPSA) is 60.4 Å². The Morgan fingerprint density at radius 1 is 1.47 bits per heavy atom. The molecule has 0 amide bonds. The van der Waals surface area contributed by atoms with Crippen LogP contribution in [0.4, 0.5) is 0 Å². The molecule has 1 aromatic rings. The predicted octanol–water partition coefficient (Wildman–Crippen LogP) is 2.21. The third kappa shape index (κ3) is 2.93. The molecule has 4 nitrogen and oxygen atoms in total. The van der Waals surface area contributed by atoms with E-state index >= 15 is 0 Å². The van der Waals surface area contributed by atoms with Gasteiger partial charge in [-0.3, -0.25) is 0 Å². The van der Waals surface area contributed by atoms with E-state index in [1.165, 1.54) is 19.2 Å². The van der Waals surface area contributed by atoms with Crippen molar-refractivity contribution in [2.24, 2.45) is 0 Å². The first-order valence-electron chi connectivity index (χ1n) is 3.69. The van der Waals surface area contributed by atoms with Gasteiger partial charge in [-0.1, -0.05) is 11.6 Å². The lowest BCUT2D eigenvalue weighted by atomic mass is 10.2. The van der Waals surface area contributed by atoms with Crippen LogP contribution in [0.1, 0.15) is 10.4 Å². The quantitative estimate of drug-likeness (QED) is 0.620. The molecular formula is C8H6BrClO4S. The highest BCUT2D eigenvalue weighted by molar-refractivity contribution is 9.47. The number of hydrogen-bond acceptors (Lipinski definition) is 4. The van der Waals surface area contributed by atoms with Crippen LogP contribution < -0.4 is 0 Å². The first-order chi connectivity index (χ1) is 6.86. The molecule has 15 heavy (non-hydrogen) atoms. The van der Waals surface area contributed by atoms with Crippen molar-refractivity contribution in [2.45, 2.75) is 4.90 Å². The Labute approximate surface area is 99.3 Å². The number of rotatable bonds is 2. The van der Waals surface area contributed by atoms with Crippen molar-refractivity contribution in [3.05, 3.63) is 28.8 Å². The normalized spacial score (nSPS) is 11.1. The molecule has 0 bridgehead atoms. The van der Waals surface area contributed by atoms with Gasteiger partial charge in [-0.05, 0) is 18.2 Å². The molecular weight excluding hydrogens is 308 g/mol. The van der Waals surface area contributed by atoms with Gasteiger partial charge in [0.2, 0.25) is 8.27 Å². The molecule has 0 atom stereocenters. The Balaban J connectivity index is 3.36. The van der Waals surface area contributed by atoms with E-state index in [-0.39, 0.29) is 15.5 Å². The van der Waals surface area contributed by atoms with Crippen LogP contribution >= 0.6 is 26.4 Å². The molecule has 0 spiro atoms. The third-order valence-corrected chi connectivity index (χ3v) is 3.97. The van der Waals surface area contributed by atoms with Gasteiger partial charge in [-0.25, -0.2) is 13.2 Å². The Morgan fingerprint density at radius 3 is 2.53 bits per heavy atom. The lowest BCUT2D eigenvalue weighted by molar-refractivity contribution is 0.0600. The maximum atomic E-state index is 11.2. The van der Waals surface area contributed by atoms with Crippen LogP contribution in [0.25, 0.3) is 0 Å². The van der Waals surface area contributed by atoms with E-state index < -0.39 is 14.2 Å². The van der Waals surface area contributed by atoms with Crippen molar-refractivity contribution in [3.63, 3.8) is 0 Å². The number of carbonyl (C=O) groups excluding carboxylic acids is 1. The molecule has 0 saturated heterocycles. The molecule has 1 aromatic carbocycles. The van der Waals surface area contributed by atoms with Crippen LogP contribution in [0.3, 0.4) is 0 Å². The van der Waals surface area contributed by atoms with Crippen LogP contribution in [0.5, 0.6) is 0 Å². The minimum absolute atomic E-state index is 0.0412. The van der Waals surface area contributed by atoms with Crippen molar-refractivity contribution < 1.29 is 17.9 Å². The van der Waals surface area contributed by atoms with Crippen molar-refractivity contribution in [3.8, 4) is 0 Å². The second-order valence-electron chi connectivity index (χ2n) is 2.57. The Hall–Kier alpha value is -0.590. The van der Waals surface area contributed by atoms with Gasteiger partial charge in [-0.2, -0.15) is 0 Å². The molecule has 0 aliphatic rings. The molecule has 7 heteroatoms. The highest BCUT2D eigenvalue weighted by Gasteiger charge is 2.17. The highest BCUT2D eigenvalue weighted by atomic mass is 79.9. The van der Waals surface area contributed by atoms with Gasteiger partial charge >= 0.3 is 5.97 Å². The summed E-state index contributed by atoms with van der Waals surface area (Å²) in [5, 5.41) is 0.0412. The van der Waals surface area contributed by atoms with Crippen LogP contribution in [0.2, 0.25) is 5.02 Å². The van der Waals surface area contributed by atoms with Crippen LogP contribution in [0.15, 0.2) is 23.1 Å². The zero-order chi connectivity index (χ0) is 11.6. The zero-order valence-electron chi connectivity index (χ0n) is 7.53. The summed E-state index contributed by atoms with van der Waals surface area (Å²) in [6, 6.07) is 3.86. The van der Waals surface area contributed by atoms with Crippen LogP contribution in [-0.2, 0) is 13.0 Å². The smallest absolute Gasteiger partial charge is 0.337 e. The van der Waals surface area contributed by atoms with Gasteiger partial charge in [0, 0.05) is 0 Å². The second-order valence-corrected chi connectivity index (χ2v) is 6.85. The molecule has 0 saturated carbocycles. The molecule has 1 rings (SSSR count). The van der Waals surface area contributed by atoms with E-state index in [1.54, 1.807) is 0 Å². The van der Waals surface area contributed by atoms with E-state index in [1.807, 2.05) is 0 Å². The fraction of sp³-hybridized carbons (Fsp3) is 0.125. The minimum atomic E-state index is -3.62. The van der Waals surface area contributed by atoms with Gasteiger partial charge in [0.1, 0.15) is 0 Å². The predicted molar refractivity (Wildman–Crippen MR) is 58.9 cm³/mol. The largest absolute Gasteiger partial charge is 0.465 e. The van der Waals surface area contributed by atoms with E-state index in [9.17, 15) is 13.2 Å². The van der Waals surface area contributed by atoms with Crippen LogP contribution in [-0.4, -0.2) is 21.5 Å². The molecule has 0 N–H and O–H groups in total. The molecule has 0 unspecified atom stereocenters. The fourth-order valence-electron chi connectivity index (χ4n) is 0.935. The average Bonchev–Trinajstić information content (AvgIpc) is 2.15. The summed E-state index contributed by atoms with van der Waals surface area (Å²) in [7, 11) is -2.42. The molecule has 0 heterocycles. The SMILES string of the molecule is COC(=O)c1ccc(Cl)c(S(=O)(=O)Br)c1. The number of ether oxygens (including phenoxy) is 1. The Bertz CT molecular complexity index is 497. The number of esters is 1.